The Bertz CT molecular complexity index is 634. The molecule has 2 aromatic rings. The molecule has 0 aliphatic heterocycles. The standard InChI is InChI=1S/C14H9BrCl3FO/c15-10-2-1-8(13(19)4-10)7-20-14-9(6-16)3-11(17)5-12(14)18/h1-5H,6-7H2. The monoisotopic (exact) mass is 396 g/mol. The zero-order valence-corrected chi connectivity index (χ0v) is 14.0. The van der Waals surface area contributed by atoms with Gasteiger partial charge in [0.25, 0.3) is 0 Å². The maximum absolute atomic E-state index is 13.7. The lowest BCUT2D eigenvalue weighted by Gasteiger charge is -2.13. The lowest BCUT2D eigenvalue weighted by atomic mass is 10.2. The molecule has 6 heteroatoms. The van der Waals surface area contributed by atoms with Crippen molar-refractivity contribution in [3.63, 3.8) is 0 Å². The number of hydrogen-bond donors (Lipinski definition) is 0. The van der Waals surface area contributed by atoms with Crippen LogP contribution in [0.15, 0.2) is 34.8 Å². The maximum atomic E-state index is 13.7. The minimum Gasteiger partial charge on any atom is -0.487 e. The summed E-state index contributed by atoms with van der Waals surface area (Å²) in [5.41, 5.74) is 1.10. The van der Waals surface area contributed by atoms with E-state index in [0.29, 0.717) is 31.4 Å². The fourth-order valence-corrected chi connectivity index (χ4v) is 2.79. The highest BCUT2D eigenvalue weighted by atomic mass is 79.9. The molecule has 106 valence electrons. The van der Waals surface area contributed by atoms with Crippen LogP contribution in [0.1, 0.15) is 11.1 Å². The molecule has 0 saturated carbocycles. The molecule has 0 saturated heterocycles. The van der Waals surface area contributed by atoms with Crippen LogP contribution in [0.3, 0.4) is 0 Å². The molecule has 0 spiro atoms. The van der Waals surface area contributed by atoms with Crippen molar-refractivity contribution in [1.29, 1.82) is 0 Å². The third-order valence-corrected chi connectivity index (χ3v) is 3.90. The summed E-state index contributed by atoms with van der Waals surface area (Å²) in [7, 11) is 0. The van der Waals surface area contributed by atoms with Gasteiger partial charge in [0.1, 0.15) is 18.2 Å². The topological polar surface area (TPSA) is 9.23 Å². The Morgan fingerprint density at radius 1 is 1.10 bits per heavy atom. The summed E-state index contributed by atoms with van der Waals surface area (Å²) in [4.78, 5) is 0. The van der Waals surface area contributed by atoms with Crippen LogP contribution < -0.4 is 4.74 Å². The summed E-state index contributed by atoms with van der Waals surface area (Å²) in [5, 5.41) is 0.832. The molecule has 0 heterocycles. The molecular formula is C14H9BrCl3FO. The molecule has 20 heavy (non-hydrogen) atoms. The van der Waals surface area contributed by atoms with Crippen LogP contribution in [0.5, 0.6) is 5.75 Å². The van der Waals surface area contributed by atoms with Gasteiger partial charge in [-0.2, -0.15) is 0 Å². The SMILES string of the molecule is Fc1cc(Br)ccc1COc1c(Cl)cc(Cl)cc1CCl. The Morgan fingerprint density at radius 3 is 2.50 bits per heavy atom. The van der Waals surface area contributed by atoms with Gasteiger partial charge in [-0.05, 0) is 24.3 Å². The summed E-state index contributed by atoms with van der Waals surface area (Å²) < 4.78 is 20.0. The van der Waals surface area contributed by atoms with Crippen molar-refractivity contribution in [2.45, 2.75) is 12.5 Å². The van der Waals surface area contributed by atoms with Crippen LogP contribution in [0.25, 0.3) is 0 Å². The fourth-order valence-electron chi connectivity index (χ4n) is 1.66. The Labute approximate surface area is 139 Å². The van der Waals surface area contributed by atoms with Gasteiger partial charge in [-0.1, -0.05) is 45.2 Å². The Kier molecular flexibility index (Phi) is 5.56. The number of benzene rings is 2. The first-order chi connectivity index (χ1) is 9.51. The van der Waals surface area contributed by atoms with E-state index in [0.717, 1.165) is 0 Å². The van der Waals surface area contributed by atoms with Crippen LogP contribution in [-0.4, -0.2) is 0 Å². The summed E-state index contributed by atoms with van der Waals surface area (Å²) in [5.74, 6) is 0.281. The zero-order valence-electron chi connectivity index (χ0n) is 10.1. The smallest absolute Gasteiger partial charge is 0.142 e. The summed E-state index contributed by atoms with van der Waals surface area (Å²) in [6.07, 6.45) is 0. The van der Waals surface area contributed by atoms with Crippen LogP contribution in [0.4, 0.5) is 4.39 Å². The first-order valence-corrected chi connectivity index (χ1v) is 7.70. The van der Waals surface area contributed by atoms with Gasteiger partial charge >= 0.3 is 0 Å². The maximum Gasteiger partial charge on any atom is 0.142 e. The van der Waals surface area contributed by atoms with Crippen LogP contribution in [-0.2, 0) is 12.5 Å². The van der Waals surface area contributed by atoms with Crippen molar-refractivity contribution in [3.05, 3.63) is 61.8 Å². The average molecular weight is 398 g/mol. The number of hydrogen-bond acceptors (Lipinski definition) is 1. The Morgan fingerprint density at radius 2 is 1.85 bits per heavy atom. The Hall–Kier alpha value is -0.480. The fraction of sp³-hybridized carbons (Fsp3) is 0.143. The minimum absolute atomic E-state index is 0.0599. The van der Waals surface area contributed by atoms with Gasteiger partial charge in [0.2, 0.25) is 0 Å². The highest BCUT2D eigenvalue weighted by Gasteiger charge is 2.11. The highest BCUT2D eigenvalue weighted by Crippen LogP contribution is 2.34. The Balaban J connectivity index is 2.22. The van der Waals surface area contributed by atoms with Crippen LogP contribution in [0.2, 0.25) is 10.0 Å². The van der Waals surface area contributed by atoms with E-state index in [9.17, 15) is 4.39 Å². The van der Waals surface area contributed by atoms with E-state index in [-0.39, 0.29) is 18.3 Å². The molecule has 0 aliphatic rings. The summed E-state index contributed by atoms with van der Waals surface area (Å²) in [6, 6.07) is 8.00. The number of halogens is 5. The molecule has 1 nitrogen and oxygen atoms in total. The van der Waals surface area contributed by atoms with Gasteiger partial charge in [-0.15, -0.1) is 11.6 Å². The van der Waals surface area contributed by atoms with Crippen molar-refractivity contribution in [2.75, 3.05) is 0 Å². The molecule has 0 aliphatic carbocycles. The van der Waals surface area contributed by atoms with Crippen molar-refractivity contribution in [2.24, 2.45) is 0 Å². The third kappa shape index (κ3) is 3.79. The lowest BCUT2D eigenvalue weighted by Crippen LogP contribution is -2.01. The first-order valence-electron chi connectivity index (χ1n) is 5.62. The molecule has 0 aromatic heterocycles. The van der Waals surface area contributed by atoms with E-state index in [2.05, 4.69) is 15.9 Å². The molecular weight excluding hydrogens is 389 g/mol. The molecule has 0 N–H and O–H groups in total. The van der Waals surface area contributed by atoms with Crippen LogP contribution >= 0.6 is 50.7 Å². The summed E-state index contributed by atoms with van der Waals surface area (Å²) >= 11 is 21.0. The number of rotatable bonds is 4. The average Bonchev–Trinajstić information content (AvgIpc) is 2.38. The second kappa shape index (κ2) is 6.99. The molecule has 0 amide bonds. The minimum atomic E-state index is -0.350. The van der Waals surface area contributed by atoms with Crippen molar-refractivity contribution in [1.82, 2.24) is 0 Å². The molecule has 0 radical (unpaired) electrons. The van der Waals surface area contributed by atoms with Gasteiger partial charge in [0, 0.05) is 20.6 Å². The molecule has 2 rings (SSSR count). The lowest BCUT2D eigenvalue weighted by molar-refractivity contribution is 0.297. The van der Waals surface area contributed by atoms with E-state index in [4.69, 9.17) is 39.5 Å². The van der Waals surface area contributed by atoms with Gasteiger partial charge < -0.3 is 4.74 Å². The van der Waals surface area contributed by atoms with Gasteiger partial charge in [-0.25, -0.2) is 4.39 Å². The van der Waals surface area contributed by atoms with Crippen LogP contribution in [0, 0.1) is 5.82 Å². The van der Waals surface area contributed by atoms with E-state index >= 15 is 0 Å². The highest BCUT2D eigenvalue weighted by molar-refractivity contribution is 9.10. The van der Waals surface area contributed by atoms with Crippen molar-refractivity contribution >= 4 is 50.7 Å². The largest absolute Gasteiger partial charge is 0.487 e. The predicted molar refractivity (Wildman–Crippen MR) is 84.5 cm³/mol. The normalized spacial score (nSPS) is 10.7. The quantitative estimate of drug-likeness (QED) is 0.556. The molecule has 0 bridgehead atoms. The second-order valence-corrected chi connectivity index (χ2v) is 6.06. The first kappa shape index (κ1) is 15.9. The second-order valence-electron chi connectivity index (χ2n) is 4.03. The van der Waals surface area contributed by atoms with E-state index in [1.807, 2.05) is 0 Å². The summed E-state index contributed by atoms with van der Waals surface area (Å²) in [6.45, 7) is 0.0599. The van der Waals surface area contributed by atoms with E-state index < -0.39 is 0 Å². The molecule has 0 atom stereocenters. The third-order valence-electron chi connectivity index (χ3n) is 2.62. The number of ether oxygens (including phenoxy) is 1. The zero-order chi connectivity index (χ0) is 14.7. The molecule has 0 fully saturated rings. The van der Waals surface area contributed by atoms with Gasteiger partial charge in [-0.3, -0.25) is 0 Å². The predicted octanol–water partition coefficient (Wildman–Crippen LogP) is 6.21. The van der Waals surface area contributed by atoms with E-state index in [1.54, 1.807) is 24.3 Å². The van der Waals surface area contributed by atoms with Crippen molar-refractivity contribution in [3.8, 4) is 5.75 Å². The number of alkyl halides is 1. The molecule has 0 unspecified atom stereocenters. The van der Waals surface area contributed by atoms with E-state index in [1.165, 1.54) is 6.07 Å². The van der Waals surface area contributed by atoms with Gasteiger partial charge in [0.15, 0.2) is 0 Å². The van der Waals surface area contributed by atoms with Crippen molar-refractivity contribution < 1.29 is 9.13 Å². The van der Waals surface area contributed by atoms with Gasteiger partial charge in [0.05, 0.1) is 10.9 Å². The molecule has 2 aromatic carbocycles.